The van der Waals surface area contributed by atoms with E-state index in [1.807, 2.05) is 11.6 Å². The van der Waals surface area contributed by atoms with Gasteiger partial charge in [0.1, 0.15) is 5.82 Å². The molecule has 0 spiro atoms. The zero-order valence-electron chi connectivity index (χ0n) is 15.2. The number of nitriles is 1. The Labute approximate surface area is 166 Å². The van der Waals surface area contributed by atoms with Crippen molar-refractivity contribution in [2.75, 3.05) is 18.5 Å². The molecule has 1 atom stereocenters. The van der Waals surface area contributed by atoms with Crippen molar-refractivity contribution in [3.05, 3.63) is 34.4 Å². The molecule has 1 unspecified atom stereocenters. The summed E-state index contributed by atoms with van der Waals surface area (Å²) in [5, 5.41) is 16.3. The van der Waals surface area contributed by atoms with Crippen molar-refractivity contribution < 1.29 is 14.3 Å². The highest BCUT2D eigenvalue weighted by molar-refractivity contribution is 9.10. The van der Waals surface area contributed by atoms with E-state index in [4.69, 9.17) is 14.7 Å². The lowest BCUT2D eigenvalue weighted by molar-refractivity contribution is -0.118. The minimum atomic E-state index is -0.293. The minimum Gasteiger partial charge on any atom is -0.490 e. The van der Waals surface area contributed by atoms with Gasteiger partial charge in [-0.25, -0.2) is 4.68 Å². The Bertz CT molecular complexity index is 870. The Kier molecular flexibility index (Phi) is 6.01. The van der Waals surface area contributed by atoms with Crippen molar-refractivity contribution in [2.45, 2.75) is 32.7 Å². The maximum atomic E-state index is 12.4. The number of hydrogen-bond donors (Lipinski definition) is 1. The molecule has 1 aliphatic rings. The third-order valence-corrected chi connectivity index (χ3v) is 5.00. The van der Waals surface area contributed by atoms with E-state index >= 15 is 0 Å². The van der Waals surface area contributed by atoms with Crippen LogP contribution in [0.4, 0.5) is 5.82 Å². The molecule has 0 radical (unpaired) electrons. The minimum absolute atomic E-state index is 0.187. The zero-order valence-corrected chi connectivity index (χ0v) is 16.8. The first-order chi connectivity index (χ1) is 13.0. The average molecular weight is 433 g/mol. The van der Waals surface area contributed by atoms with Crippen molar-refractivity contribution in [3.63, 3.8) is 0 Å². The van der Waals surface area contributed by atoms with Gasteiger partial charge in [0.25, 0.3) is 5.91 Å². The second-order valence-corrected chi connectivity index (χ2v) is 7.26. The number of carbonyl (C=O) groups excluding carboxylic acids is 1. The number of halogens is 1. The Morgan fingerprint density at radius 1 is 1.48 bits per heavy atom. The second-order valence-electron chi connectivity index (χ2n) is 6.41. The number of amides is 1. The van der Waals surface area contributed by atoms with Crippen LogP contribution < -0.4 is 14.8 Å². The fraction of sp³-hybridized carbons (Fsp3) is 0.421. The van der Waals surface area contributed by atoms with Crippen LogP contribution in [0.3, 0.4) is 0 Å². The molecular formula is C19H21BrN4O3. The summed E-state index contributed by atoms with van der Waals surface area (Å²) < 4.78 is 13.6. The SMILES string of the molecule is CCOc1cc(C#N)cc(Br)c1OCC(=O)Nc1ccnn1C(C)C1CC1. The summed E-state index contributed by atoms with van der Waals surface area (Å²) in [6, 6.07) is 7.32. The van der Waals surface area contributed by atoms with E-state index in [9.17, 15) is 4.79 Å². The van der Waals surface area contributed by atoms with Gasteiger partial charge < -0.3 is 14.8 Å². The van der Waals surface area contributed by atoms with Crippen LogP contribution in [0.15, 0.2) is 28.9 Å². The lowest BCUT2D eigenvalue weighted by Gasteiger charge is -2.16. The highest BCUT2D eigenvalue weighted by Crippen LogP contribution is 2.40. The number of carbonyl (C=O) groups is 1. The van der Waals surface area contributed by atoms with Gasteiger partial charge >= 0.3 is 0 Å². The molecule has 27 heavy (non-hydrogen) atoms. The van der Waals surface area contributed by atoms with E-state index < -0.39 is 0 Å². The zero-order chi connectivity index (χ0) is 19.4. The summed E-state index contributed by atoms with van der Waals surface area (Å²) in [7, 11) is 0. The standard InChI is InChI=1S/C19H21BrN4O3/c1-3-26-16-9-13(10-21)8-15(20)19(16)27-11-18(25)23-17-6-7-22-24(17)12(2)14-4-5-14/h6-9,12,14H,3-5,11H2,1-2H3,(H,23,25). The van der Waals surface area contributed by atoms with Gasteiger partial charge in [-0.05, 0) is 54.6 Å². The molecule has 142 valence electrons. The summed E-state index contributed by atoms with van der Waals surface area (Å²) in [6.45, 7) is 4.18. The molecule has 0 bridgehead atoms. The van der Waals surface area contributed by atoms with Gasteiger partial charge in [-0.2, -0.15) is 10.4 Å². The van der Waals surface area contributed by atoms with Gasteiger partial charge in [-0.3, -0.25) is 4.79 Å². The van der Waals surface area contributed by atoms with Crippen molar-refractivity contribution in [2.24, 2.45) is 5.92 Å². The molecule has 1 N–H and O–H groups in total. The van der Waals surface area contributed by atoms with Crippen molar-refractivity contribution in [3.8, 4) is 17.6 Å². The van der Waals surface area contributed by atoms with Gasteiger partial charge in [-0.1, -0.05) is 0 Å². The predicted molar refractivity (Wildman–Crippen MR) is 104 cm³/mol. The third-order valence-electron chi connectivity index (χ3n) is 4.41. The van der Waals surface area contributed by atoms with Gasteiger partial charge in [0, 0.05) is 12.1 Å². The first kappa shape index (κ1) is 19.2. The van der Waals surface area contributed by atoms with E-state index in [-0.39, 0.29) is 18.6 Å². The number of benzene rings is 1. The van der Waals surface area contributed by atoms with Gasteiger partial charge in [0.15, 0.2) is 18.1 Å². The predicted octanol–water partition coefficient (Wildman–Crippen LogP) is 3.90. The highest BCUT2D eigenvalue weighted by atomic mass is 79.9. The molecule has 8 heteroatoms. The van der Waals surface area contributed by atoms with Crippen LogP contribution in [0.5, 0.6) is 11.5 Å². The molecular weight excluding hydrogens is 412 g/mol. The van der Waals surface area contributed by atoms with Crippen LogP contribution in [0.25, 0.3) is 0 Å². The van der Waals surface area contributed by atoms with Crippen LogP contribution in [0.1, 0.15) is 38.3 Å². The lowest BCUT2D eigenvalue weighted by atomic mass is 10.2. The van der Waals surface area contributed by atoms with Crippen LogP contribution in [0, 0.1) is 17.2 Å². The van der Waals surface area contributed by atoms with E-state index in [0.29, 0.717) is 39.9 Å². The maximum absolute atomic E-state index is 12.4. The molecule has 1 saturated carbocycles. The third kappa shape index (κ3) is 4.61. The molecule has 1 amide bonds. The molecule has 2 aromatic rings. The fourth-order valence-electron chi connectivity index (χ4n) is 2.87. The van der Waals surface area contributed by atoms with E-state index in [1.165, 1.54) is 12.8 Å². The van der Waals surface area contributed by atoms with E-state index in [2.05, 4.69) is 39.3 Å². The van der Waals surface area contributed by atoms with Crippen LogP contribution in [-0.2, 0) is 4.79 Å². The van der Waals surface area contributed by atoms with Crippen molar-refractivity contribution in [1.82, 2.24) is 9.78 Å². The molecule has 1 heterocycles. The molecule has 0 saturated heterocycles. The normalized spacial score (nSPS) is 14.3. The number of rotatable bonds is 8. The Hall–Kier alpha value is -2.53. The Morgan fingerprint density at radius 2 is 2.26 bits per heavy atom. The number of anilines is 1. The van der Waals surface area contributed by atoms with Crippen molar-refractivity contribution >= 4 is 27.7 Å². The lowest BCUT2D eigenvalue weighted by Crippen LogP contribution is -2.23. The van der Waals surface area contributed by atoms with E-state index in [1.54, 1.807) is 24.4 Å². The average Bonchev–Trinajstić information content (AvgIpc) is 3.40. The number of hydrogen-bond acceptors (Lipinski definition) is 5. The number of nitrogens with zero attached hydrogens (tertiary/aromatic N) is 3. The molecule has 1 aliphatic carbocycles. The summed E-state index contributed by atoms with van der Waals surface area (Å²) >= 11 is 3.37. The largest absolute Gasteiger partial charge is 0.490 e. The summed E-state index contributed by atoms with van der Waals surface area (Å²) in [4.78, 5) is 12.4. The summed E-state index contributed by atoms with van der Waals surface area (Å²) in [6.07, 6.45) is 4.08. The molecule has 1 aromatic carbocycles. The molecule has 7 nitrogen and oxygen atoms in total. The Balaban J connectivity index is 1.66. The highest BCUT2D eigenvalue weighted by Gasteiger charge is 2.30. The fourth-order valence-corrected chi connectivity index (χ4v) is 3.42. The number of ether oxygens (including phenoxy) is 2. The van der Waals surface area contributed by atoms with Crippen LogP contribution in [-0.4, -0.2) is 28.9 Å². The summed E-state index contributed by atoms with van der Waals surface area (Å²) in [5.74, 6) is 1.81. The Morgan fingerprint density at radius 3 is 2.93 bits per heavy atom. The first-order valence-corrected chi connectivity index (χ1v) is 9.65. The molecule has 1 fully saturated rings. The first-order valence-electron chi connectivity index (χ1n) is 8.86. The quantitative estimate of drug-likeness (QED) is 0.682. The monoisotopic (exact) mass is 432 g/mol. The molecule has 1 aromatic heterocycles. The molecule has 0 aliphatic heterocycles. The van der Waals surface area contributed by atoms with Crippen LogP contribution in [0.2, 0.25) is 0 Å². The number of nitrogens with one attached hydrogen (secondary N) is 1. The topological polar surface area (TPSA) is 89.2 Å². The van der Waals surface area contributed by atoms with Gasteiger partial charge in [0.05, 0.1) is 35.0 Å². The van der Waals surface area contributed by atoms with Crippen molar-refractivity contribution in [1.29, 1.82) is 5.26 Å². The summed E-state index contributed by atoms with van der Waals surface area (Å²) in [5.41, 5.74) is 0.445. The maximum Gasteiger partial charge on any atom is 0.263 e. The number of aromatic nitrogens is 2. The second kappa shape index (κ2) is 8.44. The smallest absolute Gasteiger partial charge is 0.263 e. The molecule has 3 rings (SSSR count). The van der Waals surface area contributed by atoms with E-state index in [0.717, 1.165) is 0 Å². The van der Waals surface area contributed by atoms with Gasteiger partial charge in [-0.15, -0.1) is 0 Å². The van der Waals surface area contributed by atoms with Gasteiger partial charge in [0.2, 0.25) is 0 Å². The van der Waals surface area contributed by atoms with Crippen LogP contribution >= 0.6 is 15.9 Å².